The number of carbonyl (C=O) groups is 1. The Bertz CT molecular complexity index is 1200. The van der Waals surface area contributed by atoms with Crippen molar-refractivity contribution in [2.45, 2.75) is 18.8 Å². The summed E-state index contributed by atoms with van der Waals surface area (Å²) in [5, 5.41) is 17.2. The number of anilines is 2. The zero-order valence-corrected chi connectivity index (χ0v) is 17.6. The van der Waals surface area contributed by atoms with Crippen molar-refractivity contribution in [3.05, 3.63) is 68.5 Å². The number of aryl methyl sites for hydroxylation is 1. The fourth-order valence-corrected chi connectivity index (χ4v) is 3.48. The molecule has 0 aliphatic carbocycles. The van der Waals surface area contributed by atoms with Gasteiger partial charge in [0.1, 0.15) is 10.7 Å². The van der Waals surface area contributed by atoms with Gasteiger partial charge in [0.05, 0.1) is 11.8 Å². The number of piperidine rings is 1. The molecule has 0 spiro atoms. The number of nitrogens with one attached hydrogen (secondary N) is 1. The summed E-state index contributed by atoms with van der Waals surface area (Å²) >= 11 is 0. The molecule has 0 unspecified atom stereocenters. The predicted octanol–water partition coefficient (Wildman–Crippen LogP) is 3.07. The largest absolute Gasteiger partial charge is 0.436 e. The monoisotopic (exact) mass is 467 g/mol. The van der Waals surface area contributed by atoms with E-state index >= 15 is 0 Å². The van der Waals surface area contributed by atoms with Crippen molar-refractivity contribution in [2.24, 2.45) is 7.05 Å². The van der Waals surface area contributed by atoms with Crippen LogP contribution in [0.25, 0.3) is 0 Å². The van der Waals surface area contributed by atoms with Crippen LogP contribution in [0.5, 0.6) is 0 Å². The minimum Gasteiger partial charge on any atom is -0.395 e. The van der Waals surface area contributed by atoms with Crippen LogP contribution in [-0.4, -0.2) is 33.7 Å². The molecule has 0 saturated carbocycles. The summed E-state index contributed by atoms with van der Waals surface area (Å²) in [6, 6.07) is 6.51. The number of hydrogen-bond donors (Lipinski definition) is 1. The van der Waals surface area contributed by atoms with E-state index in [2.05, 4.69) is 10.4 Å². The molecule has 1 fully saturated rings. The van der Waals surface area contributed by atoms with Crippen LogP contribution in [0, 0.1) is 15.9 Å². The van der Waals surface area contributed by atoms with E-state index in [4.69, 9.17) is 8.83 Å². The van der Waals surface area contributed by atoms with E-state index < -0.39 is 28.3 Å². The van der Waals surface area contributed by atoms with E-state index in [9.17, 15) is 24.1 Å². The van der Waals surface area contributed by atoms with Crippen LogP contribution in [-0.2, 0) is 7.05 Å². The third-order valence-electron chi connectivity index (χ3n) is 5.09. The van der Waals surface area contributed by atoms with Crippen LogP contribution in [0.4, 0.5) is 21.6 Å². The molecule has 32 heavy (non-hydrogen) atoms. The molecule has 170 valence electrons. The van der Waals surface area contributed by atoms with Crippen LogP contribution < -0.4 is 16.0 Å². The molecule has 1 aliphatic rings. The molecule has 1 saturated heterocycles. The maximum Gasteiger partial charge on any atom is 0.436 e. The van der Waals surface area contributed by atoms with E-state index in [1.54, 1.807) is 6.07 Å². The lowest BCUT2D eigenvalue weighted by atomic mass is 9.96. The topological polar surface area (TPSA) is 137 Å². The van der Waals surface area contributed by atoms with Crippen LogP contribution in [0.1, 0.15) is 35.2 Å². The minimum absolute atomic E-state index is 0. The van der Waals surface area contributed by atoms with E-state index in [-0.39, 0.29) is 29.8 Å². The Morgan fingerprint density at radius 3 is 2.53 bits per heavy atom. The maximum atomic E-state index is 14.7. The highest BCUT2D eigenvalue weighted by Gasteiger charge is 2.26. The molecule has 3 aromatic rings. The standard InChI is InChI=1S/C19H18FN5O6.ClH/c1-23-19(27)31-18(22-23)11-6-8-24(9-7-11)14-3-2-12(10-13(14)20)21-17(26)15-4-5-16(30-15)25(28)29;/h2-5,10-11H,6-9H2,1H3,(H,21,26);1H. The lowest BCUT2D eigenvalue weighted by Gasteiger charge is -2.32. The van der Waals surface area contributed by atoms with Gasteiger partial charge < -0.3 is 19.1 Å². The van der Waals surface area contributed by atoms with Gasteiger partial charge in [0.2, 0.25) is 5.89 Å². The fraction of sp³-hybridized carbons (Fsp3) is 0.316. The summed E-state index contributed by atoms with van der Waals surface area (Å²) in [5.41, 5.74) is 0.572. The Balaban J connectivity index is 0.00000289. The predicted molar refractivity (Wildman–Crippen MR) is 113 cm³/mol. The fourth-order valence-electron chi connectivity index (χ4n) is 3.48. The number of amides is 1. The molecule has 1 aromatic carbocycles. The maximum absolute atomic E-state index is 14.7. The van der Waals surface area contributed by atoms with Gasteiger partial charge in [-0.25, -0.2) is 9.18 Å². The van der Waals surface area contributed by atoms with Crippen molar-refractivity contribution in [1.82, 2.24) is 9.78 Å². The number of hydrogen-bond acceptors (Lipinski definition) is 8. The summed E-state index contributed by atoms with van der Waals surface area (Å²) in [6.45, 7) is 1.09. The van der Waals surface area contributed by atoms with Gasteiger partial charge >= 0.3 is 11.6 Å². The number of aromatic nitrogens is 2. The third-order valence-corrected chi connectivity index (χ3v) is 5.09. The third kappa shape index (κ3) is 4.64. The first-order valence-corrected chi connectivity index (χ1v) is 9.46. The summed E-state index contributed by atoms with van der Waals surface area (Å²) < 4.78 is 25.8. The molecule has 2 aromatic heterocycles. The highest BCUT2D eigenvalue weighted by Crippen LogP contribution is 2.31. The summed E-state index contributed by atoms with van der Waals surface area (Å²) in [5.74, 6) is -2.18. The SMILES string of the molecule is Cl.Cn1nc(C2CCN(c3ccc(NC(=O)c4ccc([N+](=O)[O-])o4)cc3F)CC2)oc1=O. The average molecular weight is 468 g/mol. The smallest absolute Gasteiger partial charge is 0.395 e. The molecule has 1 amide bonds. The number of benzene rings is 1. The normalized spacial score (nSPS) is 14.1. The number of nitro groups is 1. The Morgan fingerprint density at radius 2 is 1.97 bits per heavy atom. The number of carbonyl (C=O) groups excluding carboxylic acids is 1. The van der Waals surface area contributed by atoms with Gasteiger partial charge in [-0.05, 0) is 37.1 Å². The Morgan fingerprint density at radius 1 is 1.25 bits per heavy atom. The van der Waals surface area contributed by atoms with Crippen molar-refractivity contribution in [1.29, 1.82) is 0 Å². The zero-order chi connectivity index (χ0) is 22.1. The molecule has 0 radical (unpaired) electrons. The van der Waals surface area contributed by atoms with Gasteiger partial charge in [-0.1, -0.05) is 0 Å². The van der Waals surface area contributed by atoms with Gasteiger partial charge in [-0.2, -0.15) is 4.68 Å². The molecule has 0 bridgehead atoms. The van der Waals surface area contributed by atoms with E-state index in [1.807, 2.05) is 4.90 Å². The summed E-state index contributed by atoms with van der Waals surface area (Å²) in [7, 11) is 1.52. The Labute approximate surface area is 186 Å². The molecule has 3 heterocycles. The van der Waals surface area contributed by atoms with Gasteiger partial charge in [0.25, 0.3) is 5.91 Å². The van der Waals surface area contributed by atoms with Crippen LogP contribution in [0.3, 0.4) is 0 Å². The second kappa shape index (κ2) is 9.22. The molecule has 0 atom stereocenters. The van der Waals surface area contributed by atoms with Crippen molar-refractivity contribution < 1.29 is 22.9 Å². The highest BCUT2D eigenvalue weighted by molar-refractivity contribution is 6.02. The molecule has 13 heteroatoms. The highest BCUT2D eigenvalue weighted by atomic mass is 35.5. The number of rotatable bonds is 5. The molecular formula is C19H19ClFN5O6. The van der Waals surface area contributed by atoms with Crippen molar-refractivity contribution in [2.75, 3.05) is 23.3 Å². The second-order valence-corrected chi connectivity index (χ2v) is 7.11. The Hall–Kier alpha value is -3.67. The van der Waals surface area contributed by atoms with E-state index in [0.717, 1.165) is 10.7 Å². The first kappa shape index (κ1) is 23.0. The van der Waals surface area contributed by atoms with Crippen LogP contribution >= 0.6 is 12.4 Å². The number of furan rings is 1. The van der Waals surface area contributed by atoms with Crippen molar-refractivity contribution in [3.63, 3.8) is 0 Å². The molecular weight excluding hydrogens is 449 g/mol. The number of halogens is 2. The average Bonchev–Trinajstić information content (AvgIpc) is 3.36. The first-order valence-electron chi connectivity index (χ1n) is 9.46. The van der Waals surface area contributed by atoms with Crippen molar-refractivity contribution >= 4 is 35.6 Å². The quantitative estimate of drug-likeness (QED) is 0.446. The Kier molecular flexibility index (Phi) is 6.63. The second-order valence-electron chi connectivity index (χ2n) is 7.11. The van der Waals surface area contributed by atoms with Gasteiger partial charge in [-0.15, -0.1) is 17.5 Å². The lowest BCUT2D eigenvalue weighted by Crippen LogP contribution is -2.33. The molecule has 11 nitrogen and oxygen atoms in total. The van der Waals surface area contributed by atoms with Crippen molar-refractivity contribution in [3.8, 4) is 0 Å². The van der Waals surface area contributed by atoms with Crippen LogP contribution in [0.2, 0.25) is 0 Å². The summed E-state index contributed by atoms with van der Waals surface area (Å²) in [4.78, 5) is 35.4. The van der Waals surface area contributed by atoms with E-state index in [0.29, 0.717) is 37.5 Å². The number of nitrogens with zero attached hydrogens (tertiary/aromatic N) is 4. The van der Waals surface area contributed by atoms with Gasteiger partial charge in [-0.3, -0.25) is 14.9 Å². The molecule has 1 N–H and O–H groups in total. The van der Waals surface area contributed by atoms with Gasteiger partial charge in [0.15, 0.2) is 5.76 Å². The minimum atomic E-state index is -0.754. The summed E-state index contributed by atoms with van der Waals surface area (Å²) in [6.07, 6.45) is 1.30. The lowest BCUT2D eigenvalue weighted by molar-refractivity contribution is -0.402. The molecule has 4 rings (SSSR count). The van der Waals surface area contributed by atoms with E-state index in [1.165, 1.54) is 25.2 Å². The van der Waals surface area contributed by atoms with Gasteiger partial charge in [0, 0.05) is 31.7 Å². The van der Waals surface area contributed by atoms with Crippen LogP contribution in [0.15, 0.2) is 44.0 Å². The molecule has 1 aliphatic heterocycles. The first-order chi connectivity index (χ1) is 14.8. The zero-order valence-electron chi connectivity index (χ0n) is 16.8.